The molecule has 6 nitrogen and oxygen atoms in total. The molecule has 0 spiro atoms. The number of nitrogens with zero attached hydrogens (tertiary/aromatic N) is 1. The van der Waals surface area contributed by atoms with E-state index in [0.717, 1.165) is 0 Å². The van der Waals surface area contributed by atoms with Gasteiger partial charge in [-0.15, -0.1) is 0 Å². The second-order valence-corrected chi connectivity index (χ2v) is 5.92. The van der Waals surface area contributed by atoms with E-state index in [2.05, 4.69) is 5.32 Å². The molecule has 1 rings (SSSR count). The van der Waals surface area contributed by atoms with Crippen LogP contribution in [-0.4, -0.2) is 57.7 Å². The minimum atomic E-state index is -3.09. The summed E-state index contributed by atoms with van der Waals surface area (Å²) in [5.74, 6) is -0.152. The molecule has 1 fully saturated rings. The molecule has 94 valence electrons. The molecule has 0 aromatic carbocycles. The first-order chi connectivity index (χ1) is 7.43. The van der Waals surface area contributed by atoms with Crippen LogP contribution in [0.3, 0.4) is 0 Å². The third kappa shape index (κ3) is 4.07. The molecule has 0 atom stereocenters. The Labute approximate surface area is 96.0 Å². The Morgan fingerprint density at radius 2 is 2.00 bits per heavy atom. The summed E-state index contributed by atoms with van der Waals surface area (Å²) in [6.07, 6.45) is 2.52. The molecule has 1 aliphatic rings. The lowest BCUT2D eigenvalue weighted by Crippen LogP contribution is -2.46. The van der Waals surface area contributed by atoms with E-state index in [0.29, 0.717) is 25.9 Å². The van der Waals surface area contributed by atoms with Crippen LogP contribution in [0.4, 0.5) is 0 Å². The first kappa shape index (κ1) is 13.4. The van der Waals surface area contributed by atoms with Gasteiger partial charge in [0.15, 0.2) is 0 Å². The van der Waals surface area contributed by atoms with Gasteiger partial charge in [0.25, 0.3) is 0 Å². The van der Waals surface area contributed by atoms with Crippen LogP contribution in [0.2, 0.25) is 0 Å². The number of carbonyl (C=O) groups excluding carboxylic acids is 1. The van der Waals surface area contributed by atoms with Crippen LogP contribution in [0.25, 0.3) is 0 Å². The van der Waals surface area contributed by atoms with Crippen LogP contribution >= 0.6 is 0 Å². The van der Waals surface area contributed by atoms with Crippen LogP contribution in [0.1, 0.15) is 12.8 Å². The van der Waals surface area contributed by atoms with Crippen LogP contribution in [-0.2, 0) is 19.6 Å². The maximum atomic E-state index is 11.2. The van der Waals surface area contributed by atoms with Crippen LogP contribution in [0.5, 0.6) is 0 Å². The summed E-state index contributed by atoms with van der Waals surface area (Å²) in [7, 11) is -1.63. The zero-order chi connectivity index (χ0) is 12.2. The average molecular weight is 250 g/mol. The first-order valence-electron chi connectivity index (χ1n) is 5.17. The number of hydrogen-bond acceptors (Lipinski definition) is 4. The minimum Gasteiger partial charge on any atom is -0.375 e. The lowest BCUT2D eigenvalue weighted by molar-refractivity contribution is -0.125. The van der Waals surface area contributed by atoms with E-state index >= 15 is 0 Å². The minimum absolute atomic E-state index is 0.0479. The molecule has 0 aromatic rings. The third-order valence-electron chi connectivity index (χ3n) is 2.56. The smallest absolute Gasteiger partial charge is 0.246 e. The Balaban J connectivity index is 2.35. The molecule has 1 heterocycles. The Morgan fingerprint density at radius 1 is 1.44 bits per heavy atom. The lowest BCUT2D eigenvalue weighted by atomic mass is 10.1. The van der Waals surface area contributed by atoms with Crippen molar-refractivity contribution in [1.29, 1.82) is 0 Å². The van der Waals surface area contributed by atoms with E-state index in [1.165, 1.54) is 17.7 Å². The maximum absolute atomic E-state index is 11.2. The highest BCUT2D eigenvalue weighted by molar-refractivity contribution is 7.88. The predicted molar refractivity (Wildman–Crippen MR) is 59.5 cm³/mol. The van der Waals surface area contributed by atoms with Gasteiger partial charge in [0, 0.05) is 26.2 Å². The Hall–Kier alpha value is -0.660. The topological polar surface area (TPSA) is 75.7 Å². The number of sulfonamides is 1. The van der Waals surface area contributed by atoms with E-state index in [-0.39, 0.29) is 18.6 Å². The maximum Gasteiger partial charge on any atom is 0.246 e. The van der Waals surface area contributed by atoms with Gasteiger partial charge in [-0.25, -0.2) is 12.7 Å². The van der Waals surface area contributed by atoms with Crippen LogP contribution < -0.4 is 5.32 Å². The zero-order valence-electron chi connectivity index (χ0n) is 9.60. The number of amides is 1. The van der Waals surface area contributed by atoms with Gasteiger partial charge in [-0.05, 0) is 12.8 Å². The fourth-order valence-corrected chi connectivity index (χ4v) is 2.61. The van der Waals surface area contributed by atoms with E-state index in [1.54, 1.807) is 0 Å². The third-order valence-corrected chi connectivity index (χ3v) is 3.87. The van der Waals surface area contributed by atoms with Crippen molar-refractivity contribution < 1.29 is 17.9 Å². The quantitative estimate of drug-likeness (QED) is 0.707. The van der Waals surface area contributed by atoms with Crippen molar-refractivity contribution in [2.45, 2.75) is 18.9 Å². The predicted octanol–water partition coefficient (Wildman–Crippen LogP) is -0.827. The normalized spacial score (nSPS) is 19.6. The standard InChI is InChI=1S/C9H18N2O4S/c1-15-7-9(12)10-8-3-5-11(6-4-8)16(2,13)14/h8H,3-7H2,1-2H3,(H,10,12). The van der Waals surface area contributed by atoms with Gasteiger partial charge in [-0.1, -0.05) is 0 Å². The molecule has 0 unspecified atom stereocenters. The molecule has 16 heavy (non-hydrogen) atoms. The summed E-state index contributed by atoms with van der Waals surface area (Å²) in [4.78, 5) is 11.2. The molecular formula is C9H18N2O4S. The Kier molecular flexibility index (Phi) is 4.69. The van der Waals surface area contributed by atoms with Crippen molar-refractivity contribution in [3.8, 4) is 0 Å². The molecule has 7 heteroatoms. The zero-order valence-corrected chi connectivity index (χ0v) is 10.4. The number of nitrogens with one attached hydrogen (secondary N) is 1. The molecule has 0 bridgehead atoms. The highest BCUT2D eigenvalue weighted by Crippen LogP contribution is 2.12. The molecule has 0 aliphatic carbocycles. The summed E-state index contributed by atoms with van der Waals surface area (Å²) < 4.78 is 28.6. The van der Waals surface area contributed by atoms with Gasteiger partial charge in [-0.2, -0.15) is 0 Å². The van der Waals surface area contributed by atoms with Gasteiger partial charge in [0.1, 0.15) is 6.61 Å². The number of piperidine rings is 1. The van der Waals surface area contributed by atoms with E-state index in [1.807, 2.05) is 0 Å². The molecule has 1 amide bonds. The first-order valence-corrected chi connectivity index (χ1v) is 7.01. The number of rotatable bonds is 4. The van der Waals surface area contributed by atoms with Gasteiger partial charge < -0.3 is 10.1 Å². The summed E-state index contributed by atoms with van der Waals surface area (Å²) in [5, 5.41) is 2.81. The molecule has 0 radical (unpaired) electrons. The average Bonchev–Trinajstić information content (AvgIpc) is 2.17. The highest BCUT2D eigenvalue weighted by atomic mass is 32.2. The second kappa shape index (κ2) is 5.60. The molecule has 0 saturated carbocycles. The van der Waals surface area contributed by atoms with E-state index in [9.17, 15) is 13.2 Å². The summed E-state index contributed by atoms with van der Waals surface area (Å²) >= 11 is 0. The van der Waals surface area contributed by atoms with Crippen molar-refractivity contribution >= 4 is 15.9 Å². The van der Waals surface area contributed by atoms with Crippen molar-refractivity contribution in [1.82, 2.24) is 9.62 Å². The highest BCUT2D eigenvalue weighted by Gasteiger charge is 2.25. The number of ether oxygens (including phenoxy) is 1. The largest absolute Gasteiger partial charge is 0.375 e. The SMILES string of the molecule is COCC(=O)NC1CCN(S(C)(=O)=O)CC1. The van der Waals surface area contributed by atoms with Crippen LogP contribution in [0.15, 0.2) is 0 Å². The Bertz CT molecular complexity index is 333. The number of hydrogen-bond donors (Lipinski definition) is 1. The second-order valence-electron chi connectivity index (χ2n) is 3.94. The van der Waals surface area contributed by atoms with Gasteiger partial charge in [0.2, 0.25) is 15.9 Å². The van der Waals surface area contributed by atoms with Crippen molar-refractivity contribution in [3.05, 3.63) is 0 Å². The number of methoxy groups -OCH3 is 1. The van der Waals surface area contributed by atoms with Crippen molar-refractivity contribution in [2.75, 3.05) is 33.1 Å². The fourth-order valence-electron chi connectivity index (χ4n) is 1.73. The molecule has 1 saturated heterocycles. The van der Waals surface area contributed by atoms with Crippen molar-refractivity contribution in [2.24, 2.45) is 0 Å². The van der Waals surface area contributed by atoms with E-state index < -0.39 is 10.0 Å². The monoisotopic (exact) mass is 250 g/mol. The molecular weight excluding hydrogens is 232 g/mol. The molecule has 1 aliphatic heterocycles. The fraction of sp³-hybridized carbons (Fsp3) is 0.889. The summed E-state index contributed by atoms with van der Waals surface area (Å²) in [6.45, 7) is 0.986. The molecule has 1 N–H and O–H groups in total. The summed E-state index contributed by atoms with van der Waals surface area (Å²) in [5.41, 5.74) is 0. The molecule has 0 aromatic heterocycles. The number of carbonyl (C=O) groups is 1. The Morgan fingerprint density at radius 3 is 2.44 bits per heavy atom. The van der Waals surface area contributed by atoms with E-state index in [4.69, 9.17) is 4.74 Å². The van der Waals surface area contributed by atoms with Gasteiger partial charge >= 0.3 is 0 Å². The van der Waals surface area contributed by atoms with Gasteiger partial charge in [0.05, 0.1) is 6.26 Å². The van der Waals surface area contributed by atoms with Crippen LogP contribution in [0, 0.1) is 0 Å². The summed E-state index contributed by atoms with van der Waals surface area (Å²) in [6, 6.07) is 0.0562. The van der Waals surface area contributed by atoms with Gasteiger partial charge in [-0.3, -0.25) is 4.79 Å². The van der Waals surface area contributed by atoms with Crippen molar-refractivity contribution in [3.63, 3.8) is 0 Å². The lowest BCUT2D eigenvalue weighted by Gasteiger charge is -2.30.